The van der Waals surface area contributed by atoms with Crippen molar-refractivity contribution in [3.8, 4) is 11.3 Å². The second-order valence-electron chi connectivity index (χ2n) is 6.50. The van der Waals surface area contributed by atoms with Crippen molar-refractivity contribution in [3.05, 3.63) is 81.4 Å². The van der Waals surface area contributed by atoms with Gasteiger partial charge in [-0.1, -0.05) is 35.3 Å². The van der Waals surface area contributed by atoms with Crippen molar-refractivity contribution in [3.63, 3.8) is 0 Å². The van der Waals surface area contributed by atoms with E-state index in [0.717, 1.165) is 22.2 Å². The molecule has 0 saturated carbocycles. The smallest absolute Gasteiger partial charge is 0.294 e. The first-order valence-corrected chi connectivity index (χ1v) is 10.6. The van der Waals surface area contributed by atoms with Gasteiger partial charge in [0.2, 0.25) is 5.91 Å². The average molecular weight is 473 g/mol. The number of nitrogens with zero attached hydrogens (tertiary/aromatic N) is 1. The maximum atomic E-state index is 12.6. The first-order chi connectivity index (χ1) is 14.9. The molecule has 0 unspecified atom stereocenters. The third-order valence-electron chi connectivity index (χ3n) is 4.35. The molecule has 6 nitrogen and oxygen atoms in total. The SMILES string of the molecule is O=C(CN1C(=O)S/C(=C/c2ccc(-c3ccc(Cl)cc3)o2)C1=O)Nc1ccccc1Cl. The van der Waals surface area contributed by atoms with Gasteiger partial charge in [-0.05, 0) is 60.3 Å². The minimum atomic E-state index is -0.561. The van der Waals surface area contributed by atoms with Crippen LogP contribution < -0.4 is 5.32 Å². The van der Waals surface area contributed by atoms with Gasteiger partial charge in [-0.15, -0.1) is 0 Å². The number of imide groups is 1. The Morgan fingerprint density at radius 2 is 1.77 bits per heavy atom. The Bertz CT molecular complexity index is 1200. The van der Waals surface area contributed by atoms with E-state index in [9.17, 15) is 14.4 Å². The summed E-state index contributed by atoms with van der Waals surface area (Å²) in [5.41, 5.74) is 1.23. The molecule has 1 aliphatic heterocycles. The molecule has 0 radical (unpaired) electrons. The van der Waals surface area contributed by atoms with E-state index in [1.807, 2.05) is 12.1 Å². The van der Waals surface area contributed by atoms with Crippen LogP contribution in [-0.4, -0.2) is 28.5 Å². The molecule has 156 valence electrons. The molecule has 0 atom stereocenters. The summed E-state index contributed by atoms with van der Waals surface area (Å²) in [6, 6.07) is 17.3. The molecule has 1 fully saturated rings. The number of amides is 3. The molecule has 1 N–H and O–H groups in total. The lowest BCUT2D eigenvalue weighted by Gasteiger charge is -2.13. The van der Waals surface area contributed by atoms with Crippen LogP contribution in [-0.2, 0) is 9.59 Å². The normalized spacial score (nSPS) is 15.0. The summed E-state index contributed by atoms with van der Waals surface area (Å²) >= 11 is 12.7. The number of rotatable bonds is 5. The maximum Gasteiger partial charge on any atom is 0.294 e. The van der Waals surface area contributed by atoms with E-state index in [-0.39, 0.29) is 4.91 Å². The summed E-state index contributed by atoms with van der Waals surface area (Å²) in [7, 11) is 0. The average Bonchev–Trinajstić information content (AvgIpc) is 3.31. The van der Waals surface area contributed by atoms with E-state index in [1.54, 1.807) is 48.5 Å². The summed E-state index contributed by atoms with van der Waals surface area (Å²) in [6.45, 7) is -0.415. The van der Waals surface area contributed by atoms with E-state index in [1.165, 1.54) is 6.08 Å². The quantitative estimate of drug-likeness (QED) is 0.465. The molecule has 31 heavy (non-hydrogen) atoms. The standard InChI is InChI=1S/C22H14Cl2N2O4S/c23-14-7-5-13(6-8-14)18-10-9-15(30-18)11-19-21(28)26(22(29)31-19)12-20(27)25-17-4-2-1-3-16(17)24/h1-11H,12H2,(H,25,27)/b19-11+. The Morgan fingerprint density at radius 1 is 1.03 bits per heavy atom. The van der Waals surface area contributed by atoms with Crippen LogP contribution in [0.2, 0.25) is 10.0 Å². The number of hydrogen-bond acceptors (Lipinski definition) is 5. The number of thioether (sulfide) groups is 1. The Balaban J connectivity index is 1.45. The molecule has 4 rings (SSSR count). The van der Waals surface area contributed by atoms with Crippen molar-refractivity contribution < 1.29 is 18.8 Å². The van der Waals surface area contributed by atoms with Crippen molar-refractivity contribution in [1.29, 1.82) is 0 Å². The third kappa shape index (κ3) is 4.85. The predicted octanol–water partition coefficient (Wildman–Crippen LogP) is 5.93. The molecule has 2 aromatic carbocycles. The van der Waals surface area contributed by atoms with Crippen molar-refractivity contribution in [2.45, 2.75) is 0 Å². The van der Waals surface area contributed by atoms with Gasteiger partial charge in [-0.25, -0.2) is 0 Å². The van der Waals surface area contributed by atoms with Crippen LogP contribution in [0, 0.1) is 0 Å². The summed E-state index contributed by atoms with van der Waals surface area (Å²) in [5, 5.41) is 3.04. The summed E-state index contributed by atoms with van der Waals surface area (Å²) in [6.07, 6.45) is 1.48. The van der Waals surface area contributed by atoms with Gasteiger partial charge < -0.3 is 9.73 Å². The Kier molecular flexibility index (Phi) is 6.18. The first-order valence-electron chi connectivity index (χ1n) is 9.06. The van der Waals surface area contributed by atoms with Crippen molar-refractivity contribution >= 4 is 63.8 Å². The molecule has 0 aliphatic carbocycles. The maximum absolute atomic E-state index is 12.6. The number of para-hydroxylation sites is 1. The van der Waals surface area contributed by atoms with Crippen molar-refractivity contribution in [1.82, 2.24) is 4.90 Å². The second-order valence-corrected chi connectivity index (χ2v) is 8.34. The van der Waals surface area contributed by atoms with Gasteiger partial charge >= 0.3 is 0 Å². The Morgan fingerprint density at radius 3 is 2.52 bits per heavy atom. The predicted molar refractivity (Wildman–Crippen MR) is 122 cm³/mol. The summed E-state index contributed by atoms with van der Waals surface area (Å²) in [5.74, 6) is -0.0781. The van der Waals surface area contributed by atoms with Gasteiger partial charge in [0, 0.05) is 16.7 Å². The number of carbonyl (C=O) groups excluding carboxylic acids is 3. The topological polar surface area (TPSA) is 79.6 Å². The molecule has 2 heterocycles. The van der Waals surface area contributed by atoms with E-state index in [4.69, 9.17) is 27.6 Å². The number of anilines is 1. The van der Waals surface area contributed by atoms with Crippen LogP contribution in [0.4, 0.5) is 10.5 Å². The van der Waals surface area contributed by atoms with Gasteiger partial charge in [0.15, 0.2) is 0 Å². The van der Waals surface area contributed by atoms with E-state index in [0.29, 0.717) is 27.3 Å². The summed E-state index contributed by atoms with van der Waals surface area (Å²) in [4.78, 5) is 38.3. The van der Waals surface area contributed by atoms with Gasteiger partial charge in [0.25, 0.3) is 11.1 Å². The first kappa shape index (κ1) is 21.2. The molecular formula is C22H14Cl2N2O4S. The molecular weight excluding hydrogens is 459 g/mol. The van der Waals surface area contributed by atoms with Gasteiger partial charge in [0.05, 0.1) is 15.6 Å². The van der Waals surface area contributed by atoms with Crippen LogP contribution in [0.25, 0.3) is 17.4 Å². The van der Waals surface area contributed by atoms with Gasteiger partial charge in [-0.3, -0.25) is 19.3 Å². The molecule has 1 saturated heterocycles. The van der Waals surface area contributed by atoms with E-state index in [2.05, 4.69) is 5.32 Å². The highest BCUT2D eigenvalue weighted by Gasteiger charge is 2.36. The van der Waals surface area contributed by atoms with Crippen molar-refractivity contribution in [2.24, 2.45) is 0 Å². The number of nitrogens with one attached hydrogen (secondary N) is 1. The molecule has 1 aliphatic rings. The monoisotopic (exact) mass is 472 g/mol. The van der Waals surface area contributed by atoms with E-state index < -0.39 is 23.6 Å². The van der Waals surface area contributed by atoms with Crippen LogP contribution in [0.5, 0.6) is 0 Å². The summed E-state index contributed by atoms with van der Waals surface area (Å²) < 4.78 is 5.75. The zero-order chi connectivity index (χ0) is 22.0. The molecule has 3 amide bonds. The second kappa shape index (κ2) is 9.01. The molecule has 9 heteroatoms. The minimum Gasteiger partial charge on any atom is -0.457 e. The number of halogens is 2. The van der Waals surface area contributed by atoms with Crippen molar-refractivity contribution in [2.75, 3.05) is 11.9 Å². The Labute approximate surface area is 191 Å². The fourth-order valence-electron chi connectivity index (χ4n) is 2.86. The minimum absolute atomic E-state index is 0.174. The number of carbonyl (C=O) groups is 3. The lowest BCUT2D eigenvalue weighted by molar-refractivity contribution is -0.127. The number of benzene rings is 2. The molecule has 3 aromatic rings. The third-order valence-corrected chi connectivity index (χ3v) is 5.84. The number of hydrogen-bond donors (Lipinski definition) is 1. The van der Waals surface area contributed by atoms with Crippen LogP contribution in [0.15, 0.2) is 70.0 Å². The van der Waals surface area contributed by atoms with Gasteiger partial charge in [-0.2, -0.15) is 0 Å². The van der Waals surface area contributed by atoms with E-state index >= 15 is 0 Å². The lowest BCUT2D eigenvalue weighted by Crippen LogP contribution is -2.36. The highest BCUT2D eigenvalue weighted by atomic mass is 35.5. The zero-order valence-corrected chi connectivity index (χ0v) is 18.1. The van der Waals surface area contributed by atoms with Crippen LogP contribution >= 0.6 is 35.0 Å². The lowest BCUT2D eigenvalue weighted by atomic mass is 10.2. The molecule has 0 spiro atoms. The Hall–Kier alpha value is -3.00. The fraction of sp³-hybridized carbons (Fsp3) is 0.0455. The highest BCUT2D eigenvalue weighted by molar-refractivity contribution is 8.18. The number of furan rings is 1. The van der Waals surface area contributed by atoms with Crippen LogP contribution in [0.3, 0.4) is 0 Å². The highest BCUT2D eigenvalue weighted by Crippen LogP contribution is 2.33. The van der Waals surface area contributed by atoms with Crippen LogP contribution in [0.1, 0.15) is 5.76 Å². The molecule has 1 aromatic heterocycles. The largest absolute Gasteiger partial charge is 0.457 e. The molecule has 0 bridgehead atoms. The zero-order valence-electron chi connectivity index (χ0n) is 15.8. The fourth-order valence-corrected chi connectivity index (χ4v) is 3.99. The van der Waals surface area contributed by atoms with Gasteiger partial charge in [0.1, 0.15) is 18.1 Å².